The lowest BCUT2D eigenvalue weighted by atomic mass is 9.98. The number of ketones is 1. The fourth-order valence-electron chi connectivity index (χ4n) is 3.08. The molecule has 0 atom stereocenters. The first-order valence-corrected chi connectivity index (χ1v) is 9.38. The molecule has 0 saturated heterocycles. The van der Waals surface area contributed by atoms with Crippen molar-refractivity contribution in [2.75, 3.05) is 14.1 Å². The minimum Gasteiger partial charge on any atom is -0.348 e. The molecule has 0 aliphatic carbocycles. The number of amides is 1. The van der Waals surface area contributed by atoms with Crippen molar-refractivity contribution in [2.45, 2.75) is 13.1 Å². The Morgan fingerprint density at radius 2 is 1.32 bits per heavy atom. The SMILES string of the molecule is C[NH+](C)Cc1ccc(CNC(=O)c2ccccc2C(=O)c2ccccc2)cc1. The summed E-state index contributed by atoms with van der Waals surface area (Å²) < 4.78 is 0. The molecule has 0 spiro atoms. The molecule has 3 rings (SSSR count). The Morgan fingerprint density at radius 3 is 1.96 bits per heavy atom. The van der Waals surface area contributed by atoms with E-state index in [0.29, 0.717) is 23.2 Å². The van der Waals surface area contributed by atoms with E-state index in [2.05, 4.69) is 31.5 Å². The zero-order chi connectivity index (χ0) is 19.9. The highest BCUT2D eigenvalue weighted by atomic mass is 16.2. The predicted molar refractivity (Wildman–Crippen MR) is 110 cm³/mol. The molecule has 0 bridgehead atoms. The van der Waals surface area contributed by atoms with Gasteiger partial charge in [0.1, 0.15) is 6.54 Å². The molecule has 0 aliphatic rings. The van der Waals surface area contributed by atoms with Crippen LogP contribution in [-0.4, -0.2) is 25.8 Å². The number of carbonyl (C=O) groups excluding carboxylic acids is 2. The van der Waals surface area contributed by atoms with Crippen LogP contribution in [0.1, 0.15) is 37.4 Å². The van der Waals surface area contributed by atoms with Gasteiger partial charge in [0.25, 0.3) is 5.91 Å². The standard InChI is InChI=1S/C24H24N2O2/c1-26(2)17-19-14-12-18(13-15-19)16-25-24(28)22-11-7-6-10-21(22)23(27)20-8-4-3-5-9-20/h3-15H,16-17H2,1-2H3,(H,25,28)/p+1. The lowest BCUT2D eigenvalue weighted by molar-refractivity contribution is -0.872. The highest BCUT2D eigenvalue weighted by Crippen LogP contribution is 2.15. The Kier molecular flexibility index (Phi) is 6.35. The number of benzene rings is 3. The minimum atomic E-state index is -0.248. The molecule has 0 fully saturated rings. The van der Waals surface area contributed by atoms with E-state index in [0.717, 1.165) is 12.1 Å². The van der Waals surface area contributed by atoms with E-state index in [-0.39, 0.29) is 11.7 Å². The van der Waals surface area contributed by atoms with Gasteiger partial charge in [-0.3, -0.25) is 9.59 Å². The van der Waals surface area contributed by atoms with Crippen LogP contribution in [0.15, 0.2) is 78.9 Å². The third kappa shape index (κ3) is 4.93. The maximum atomic E-state index is 12.8. The molecule has 0 aliphatic heterocycles. The van der Waals surface area contributed by atoms with Crippen molar-refractivity contribution in [1.82, 2.24) is 5.32 Å². The summed E-state index contributed by atoms with van der Waals surface area (Å²) >= 11 is 0. The molecule has 0 unspecified atom stereocenters. The maximum Gasteiger partial charge on any atom is 0.252 e. The summed E-state index contributed by atoms with van der Waals surface area (Å²) in [4.78, 5) is 26.9. The van der Waals surface area contributed by atoms with Crippen LogP contribution in [0.3, 0.4) is 0 Å². The average Bonchev–Trinajstić information content (AvgIpc) is 2.72. The number of hydrogen-bond acceptors (Lipinski definition) is 2. The van der Waals surface area contributed by atoms with Gasteiger partial charge in [-0.25, -0.2) is 0 Å². The van der Waals surface area contributed by atoms with Gasteiger partial charge in [0.15, 0.2) is 5.78 Å². The van der Waals surface area contributed by atoms with Gasteiger partial charge < -0.3 is 10.2 Å². The highest BCUT2D eigenvalue weighted by Gasteiger charge is 2.17. The maximum absolute atomic E-state index is 12.8. The molecular formula is C24H25N2O2+. The third-order valence-corrected chi connectivity index (χ3v) is 4.49. The Bertz CT molecular complexity index is 948. The number of nitrogens with one attached hydrogen (secondary N) is 2. The predicted octanol–water partition coefficient (Wildman–Crippen LogP) is 2.49. The van der Waals surface area contributed by atoms with E-state index in [1.165, 1.54) is 10.5 Å². The first-order valence-electron chi connectivity index (χ1n) is 9.38. The van der Waals surface area contributed by atoms with Crippen LogP contribution in [-0.2, 0) is 13.1 Å². The second-order valence-electron chi connectivity index (χ2n) is 7.12. The van der Waals surface area contributed by atoms with Gasteiger partial charge in [-0.15, -0.1) is 0 Å². The lowest BCUT2D eigenvalue weighted by Gasteiger charge is -2.11. The number of hydrogen-bond donors (Lipinski definition) is 2. The quantitative estimate of drug-likeness (QED) is 0.625. The average molecular weight is 373 g/mol. The van der Waals surface area contributed by atoms with Gasteiger partial charge in [0, 0.05) is 23.2 Å². The molecule has 3 aromatic carbocycles. The molecule has 3 aromatic rings. The number of rotatable bonds is 7. The van der Waals surface area contributed by atoms with Crippen molar-refractivity contribution in [3.63, 3.8) is 0 Å². The molecule has 1 amide bonds. The smallest absolute Gasteiger partial charge is 0.252 e. The van der Waals surface area contributed by atoms with E-state index >= 15 is 0 Å². The highest BCUT2D eigenvalue weighted by molar-refractivity contribution is 6.15. The summed E-state index contributed by atoms with van der Waals surface area (Å²) in [5.74, 6) is -0.399. The Labute approximate surface area is 165 Å². The van der Waals surface area contributed by atoms with Gasteiger partial charge in [-0.2, -0.15) is 0 Å². The zero-order valence-corrected chi connectivity index (χ0v) is 16.2. The van der Waals surface area contributed by atoms with Gasteiger partial charge in [0.05, 0.1) is 19.7 Å². The molecule has 0 aromatic heterocycles. The van der Waals surface area contributed by atoms with Crippen LogP contribution in [0, 0.1) is 0 Å². The summed E-state index contributed by atoms with van der Waals surface area (Å²) in [6.45, 7) is 1.38. The van der Waals surface area contributed by atoms with E-state index in [9.17, 15) is 9.59 Å². The molecule has 142 valence electrons. The van der Waals surface area contributed by atoms with Crippen molar-refractivity contribution in [3.8, 4) is 0 Å². The molecule has 4 heteroatoms. The van der Waals surface area contributed by atoms with E-state index in [1.54, 1.807) is 36.4 Å². The second kappa shape index (κ2) is 9.11. The van der Waals surface area contributed by atoms with Crippen LogP contribution in [0.5, 0.6) is 0 Å². The summed E-state index contributed by atoms with van der Waals surface area (Å²) in [6, 6.07) is 24.2. The Hall–Kier alpha value is -3.24. The topological polar surface area (TPSA) is 50.6 Å². The van der Waals surface area contributed by atoms with Gasteiger partial charge in [0.2, 0.25) is 0 Å². The monoisotopic (exact) mass is 373 g/mol. The fraction of sp³-hybridized carbons (Fsp3) is 0.167. The first-order chi connectivity index (χ1) is 13.5. The summed E-state index contributed by atoms with van der Waals surface area (Å²) in [5, 5.41) is 2.93. The summed E-state index contributed by atoms with van der Waals surface area (Å²) in [6.07, 6.45) is 0. The van der Waals surface area contributed by atoms with E-state index in [1.807, 2.05) is 30.3 Å². The van der Waals surface area contributed by atoms with Gasteiger partial charge in [-0.05, 0) is 11.6 Å². The van der Waals surface area contributed by atoms with Crippen LogP contribution >= 0.6 is 0 Å². The molecule has 28 heavy (non-hydrogen) atoms. The zero-order valence-electron chi connectivity index (χ0n) is 16.2. The minimum absolute atomic E-state index is 0.151. The van der Waals surface area contributed by atoms with Gasteiger partial charge >= 0.3 is 0 Å². The Balaban J connectivity index is 1.70. The van der Waals surface area contributed by atoms with Crippen molar-refractivity contribution in [3.05, 3.63) is 107 Å². The second-order valence-corrected chi connectivity index (χ2v) is 7.12. The van der Waals surface area contributed by atoms with E-state index in [4.69, 9.17) is 0 Å². The molecular weight excluding hydrogens is 348 g/mol. The lowest BCUT2D eigenvalue weighted by Crippen LogP contribution is -3.04. The number of carbonyl (C=O) groups is 2. The van der Waals surface area contributed by atoms with E-state index < -0.39 is 0 Å². The first kappa shape index (κ1) is 19.5. The van der Waals surface area contributed by atoms with Gasteiger partial charge in [-0.1, -0.05) is 72.8 Å². The summed E-state index contributed by atoms with van der Waals surface area (Å²) in [7, 11) is 4.23. The fourth-order valence-corrected chi connectivity index (χ4v) is 3.08. The molecule has 4 nitrogen and oxygen atoms in total. The third-order valence-electron chi connectivity index (χ3n) is 4.49. The van der Waals surface area contributed by atoms with Crippen LogP contribution in [0.2, 0.25) is 0 Å². The summed E-state index contributed by atoms with van der Waals surface area (Å²) in [5.41, 5.74) is 3.66. The Morgan fingerprint density at radius 1 is 0.750 bits per heavy atom. The molecule has 0 heterocycles. The normalized spacial score (nSPS) is 10.7. The van der Waals surface area contributed by atoms with Crippen molar-refractivity contribution >= 4 is 11.7 Å². The largest absolute Gasteiger partial charge is 0.348 e. The van der Waals surface area contributed by atoms with Crippen molar-refractivity contribution < 1.29 is 14.5 Å². The van der Waals surface area contributed by atoms with Crippen LogP contribution in [0.25, 0.3) is 0 Å². The van der Waals surface area contributed by atoms with Crippen LogP contribution < -0.4 is 10.2 Å². The number of quaternary nitrogens is 1. The van der Waals surface area contributed by atoms with Crippen molar-refractivity contribution in [1.29, 1.82) is 0 Å². The molecule has 0 saturated carbocycles. The van der Waals surface area contributed by atoms with Crippen molar-refractivity contribution in [2.24, 2.45) is 0 Å². The molecule has 0 radical (unpaired) electrons. The molecule has 2 N–H and O–H groups in total. The van der Waals surface area contributed by atoms with Crippen LogP contribution in [0.4, 0.5) is 0 Å².